The highest BCUT2D eigenvalue weighted by Gasteiger charge is 2.17. The quantitative estimate of drug-likeness (QED) is 0.596. The van der Waals surface area contributed by atoms with Crippen molar-refractivity contribution in [1.82, 2.24) is 10.0 Å². The molecule has 1 rings (SSSR count). The van der Waals surface area contributed by atoms with E-state index in [9.17, 15) is 13.2 Å². The second-order valence-electron chi connectivity index (χ2n) is 5.55. The first kappa shape index (κ1) is 20.6. The van der Waals surface area contributed by atoms with Gasteiger partial charge in [-0.25, -0.2) is 13.1 Å². The average Bonchev–Trinajstić information content (AvgIpc) is 2.54. The highest BCUT2D eigenvalue weighted by Crippen LogP contribution is 2.15. The zero-order valence-electron chi connectivity index (χ0n) is 14.7. The molecule has 0 aliphatic rings. The van der Waals surface area contributed by atoms with Gasteiger partial charge in [0.25, 0.3) is 5.91 Å². The first-order chi connectivity index (χ1) is 11.4. The summed E-state index contributed by atoms with van der Waals surface area (Å²) >= 11 is 0. The first-order valence-electron chi connectivity index (χ1n) is 8.38. The summed E-state index contributed by atoms with van der Waals surface area (Å²) in [6.07, 6.45) is 2.87. The van der Waals surface area contributed by atoms with Crippen LogP contribution in [0.1, 0.15) is 49.0 Å². The lowest BCUT2D eigenvalue weighted by Crippen LogP contribution is -2.27. The Morgan fingerprint density at radius 1 is 1.17 bits per heavy atom. The van der Waals surface area contributed by atoms with E-state index >= 15 is 0 Å². The molecule has 0 aliphatic heterocycles. The first-order valence-corrected chi connectivity index (χ1v) is 9.87. The summed E-state index contributed by atoms with van der Waals surface area (Å²) in [5.74, 6) is -0.269. The third-order valence-corrected chi connectivity index (χ3v) is 5.03. The minimum Gasteiger partial charge on any atom is -0.381 e. The third-order valence-electron chi connectivity index (χ3n) is 3.49. The van der Waals surface area contributed by atoms with E-state index in [-0.39, 0.29) is 10.8 Å². The molecule has 0 aliphatic carbocycles. The Bertz CT molecular complexity index is 629. The van der Waals surface area contributed by atoms with Gasteiger partial charge in [0.1, 0.15) is 0 Å². The van der Waals surface area contributed by atoms with Gasteiger partial charge in [-0.3, -0.25) is 4.79 Å². The fraction of sp³-hybridized carbons (Fsp3) is 0.588. The second-order valence-corrected chi connectivity index (χ2v) is 7.32. The second kappa shape index (κ2) is 10.4. The van der Waals surface area contributed by atoms with Crippen LogP contribution >= 0.6 is 0 Å². The molecule has 136 valence electrons. The van der Waals surface area contributed by atoms with Crippen LogP contribution in [0.3, 0.4) is 0 Å². The molecule has 1 aromatic carbocycles. The number of rotatable bonds is 11. The number of hydrogen-bond donors (Lipinski definition) is 2. The van der Waals surface area contributed by atoms with Gasteiger partial charge in [-0.1, -0.05) is 26.3 Å². The van der Waals surface area contributed by atoms with E-state index in [2.05, 4.69) is 17.0 Å². The highest BCUT2D eigenvalue weighted by atomic mass is 32.2. The molecule has 0 saturated heterocycles. The molecule has 0 atom stereocenters. The number of sulfonamides is 1. The van der Waals surface area contributed by atoms with Gasteiger partial charge in [0, 0.05) is 31.9 Å². The number of benzene rings is 1. The monoisotopic (exact) mass is 356 g/mol. The predicted molar refractivity (Wildman–Crippen MR) is 94.7 cm³/mol. The van der Waals surface area contributed by atoms with E-state index in [4.69, 9.17) is 4.74 Å². The third kappa shape index (κ3) is 6.59. The number of hydrogen-bond acceptors (Lipinski definition) is 4. The van der Waals surface area contributed by atoms with Crippen LogP contribution < -0.4 is 10.0 Å². The Balaban J connectivity index is 2.61. The Hall–Kier alpha value is -1.44. The van der Waals surface area contributed by atoms with Crippen LogP contribution in [0.25, 0.3) is 0 Å². The molecule has 0 spiro atoms. The number of ether oxygens (including phenoxy) is 1. The van der Waals surface area contributed by atoms with Crippen molar-refractivity contribution in [3.05, 3.63) is 29.3 Å². The molecule has 6 nitrogen and oxygen atoms in total. The van der Waals surface area contributed by atoms with Crippen LogP contribution in [0.5, 0.6) is 0 Å². The van der Waals surface area contributed by atoms with E-state index in [0.717, 1.165) is 31.4 Å². The molecule has 24 heavy (non-hydrogen) atoms. The Morgan fingerprint density at radius 2 is 1.88 bits per heavy atom. The van der Waals surface area contributed by atoms with E-state index < -0.39 is 10.0 Å². The summed E-state index contributed by atoms with van der Waals surface area (Å²) in [4.78, 5) is 12.4. The molecule has 1 amide bonds. The highest BCUT2D eigenvalue weighted by molar-refractivity contribution is 7.89. The minimum absolute atomic E-state index is 0.1000. The molecule has 0 heterocycles. The molecule has 1 aromatic rings. The minimum atomic E-state index is -3.57. The molecule has 0 fully saturated rings. The zero-order valence-corrected chi connectivity index (χ0v) is 15.5. The standard InChI is InChI=1S/C17H28N2O4S/c1-4-6-11-23-12-7-10-18-17(20)16-13-15(9-8-14(16)3)24(21,22)19-5-2/h8-9,13,19H,4-7,10-12H2,1-3H3,(H,18,20). The smallest absolute Gasteiger partial charge is 0.251 e. The average molecular weight is 356 g/mol. The van der Waals surface area contributed by atoms with Gasteiger partial charge < -0.3 is 10.1 Å². The van der Waals surface area contributed by atoms with E-state index in [1.807, 2.05) is 0 Å². The van der Waals surface area contributed by atoms with Crippen LogP contribution in [0.4, 0.5) is 0 Å². The number of aryl methyl sites for hydroxylation is 1. The summed E-state index contributed by atoms with van der Waals surface area (Å²) in [5.41, 5.74) is 1.11. The zero-order chi connectivity index (χ0) is 18.0. The summed E-state index contributed by atoms with van der Waals surface area (Å²) in [7, 11) is -3.57. The largest absolute Gasteiger partial charge is 0.381 e. The molecule has 0 aromatic heterocycles. The van der Waals surface area contributed by atoms with Gasteiger partial charge in [-0.05, 0) is 37.5 Å². The van der Waals surface area contributed by atoms with Crippen molar-refractivity contribution in [2.45, 2.75) is 44.9 Å². The Kier molecular flexibility index (Phi) is 8.95. The van der Waals surface area contributed by atoms with Crippen LogP contribution in [0.15, 0.2) is 23.1 Å². The van der Waals surface area contributed by atoms with Gasteiger partial charge in [-0.15, -0.1) is 0 Å². The van der Waals surface area contributed by atoms with Crippen molar-refractivity contribution in [3.8, 4) is 0 Å². The van der Waals surface area contributed by atoms with Gasteiger partial charge in [0.05, 0.1) is 4.90 Å². The van der Waals surface area contributed by atoms with Crippen molar-refractivity contribution >= 4 is 15.9 Å². The molecule has 0 saturated carbocycles. The topological polar surface area (TPSA) is 84.5 Å². The van der Waals surface area contributed by atoms with Gasteiger partial charge in [0.2, 0.25) is 10.0 Å². The number of carbonyl (C=O) groups is 1. The maximum absolute atomic E-state index is 12.3. The molecule has 0 radical (unpaired) electrons. The Morgan fingerprint density at radius 3 is 2.54 bits per heavy atom. The maximum atomic E-state index is 12.3. The lowest BCUT2D eigenvalue weighted by molar-refractivity contribution is 0.0939. The van der Waals surface area contributed by atoms with Gasteiger partial charge in [-0.2, -0.15) is 0 Å². The van der Waals surface area contributed by atoms with Crippen molar-refractivity contribution in [2.75, 3.05) is 26.3 Å². The molecule has 0 bridgehead atoms. The Labute approximate surface area is 145 Å². The summed E-state index contributed by atoms with van der Waals surface area (Å²) in [5, 5.41) is 2.81. The van der Waals surface area contributed by atoms with E-state index in [1.165, 1.54) is 12.1 Å². The van der Waals surface area contributed by atoms with Crippen LogP contribution in [0.2, 0.25) is 0 Å². The summed E-state index contributed by atoms with van der Waals surface area (Å²) < 4.78 is 32.0. The maximum Gasteiger partial charge on any atom is 0.251 e. The molecule has 7 heteroatoms. The lowest BCUT2D eigenvalue weighted by Gasteiger charge is -2.11. The summed E-state index contributed by atoms with van der Waals surface area (Å²) in [6.45, 7) is 7.75. The number of amides is 1. The van der Waals surface area contributed by atoms with Gasteiger partial charge in [0.15, 0.2) is 0 Å². The molecule has 2 N–H and O–H groups in total. The molecular formula is C17H28N2O4S. The number of unbranched alkanes of at least 4 members (excludes halogenated alkanes) is 1. The van der Waals surface area contributed by atoms with Crippen molar-refractivity contribution < 1.29 is 17.9 Å². The molecule has 0 unspecified atom stereocenters. The fourth-order valence-electron chi connectivity index (χ4n) is 2.11. The number of nitrogens with one attached hydrogen (secondary N) is 2. The van der Waals surface area contributed by atoms with Crippen LogP contribution in [-0.2, 0) is 14.8 Å². The van der Waals surface area contributed by atoms with E-state index in [1.54, 1.807) is 19.9 Å². The normalized spacial score (nSPS) is 11.5. The fourth-order valence-corrected chi connectivity index (χ4v) is 3.17. The van der Waals surface area contributed by atoms with Crippen molar-refractivity contribution in [2.24, 2.45) is 0 Å². The van der Waals surface area contributed by atoms with Crippen molar-refractivity contribution in [1.29, 1.82) is 0 Å². The summed E-state index contributed by atoms with van der Waals surface area (Å²) in [6, 6.07) is 4.57. The van der Waals surface area contributed by atoms with Gasteiger partial charge >= 0.3 is 0 Å². The number of carbonyl (C=O) groups excluding carboxylic acids is 1. The van der Waals surface area contributed by atoms with Crippen LogP contribution in [0, 0.1) is 6.92 Å². The lowest BCUT2D eigenvalue weighted by atomic mass is 10.1. The SMILES string of the molecule is CCCCOCCCNC(=O)c1cc(S(=O)(=O)NCC)ccc1C. The van der Waals surface area contributed by atoms with Crippen molar-refractivity contribution in [3.63, 3.8) is 0 Å². The molecular weight excluding hydrogens is 328 g/mol. The predicted octanol–water partition coefficient (Wildman–Crippen LogP) is 2.23. The van der Waals surface area contributed by atoms with E-state index in [0.29, 0.717) is 25.3 Å². The van der Waals surface area contributed by atoms with Crippen LogP contribution in [-0.4, -0.2) is 40.6 Å².